The van der Waals surface area contributed by atoms with E-state index in [1.165, 1.54) is 19.3 Å². The third-order valence-corrected chi connectivity index (χ3v) is 3.71. The van der Waals surface area contributed by atoms with Crippen molar-refractivity contribution in [3.8, 4) is 0 Å². The maximum Gasteiger partial charge on any atom is 0.315 e. The van der Waals surface area contributed by atoms with Crippen molar-refractivity contribution < 1.29 is 14.3 Å². The molecule has 1 aliphatic rings. The van der Waals surface area contributed by atoms with Gasteiger partial charge in [0.1, 0.15) is 5.76 Å². The molecule has 1 aliphatic carbocycles. The van der Waals surface area contributed by atoms with Crippen LogP contribution in [0.4, 0.5) is 4.79 Å². The molecule has 112 valence electrons. The largest absolute Gasteiger partial charge is 0.469 e. The minimum absolute atomic E-state index is 0.198. The summed E-state index contributed by atoms with van der Waals surface area (Å²) in [5.74, 6) is 0.712. The Hall–Kier alpha value is -1.49. The molecule has 0 bridgehead atoms. The second kappa shape index (κ2) is 6.79. The van der Waals surface area contributed by atoms with Gasteiger partial charge in [-0.3, -0.25) is 0 Å². The molecule has 2 amide bonds. The van der Waals surface area contributed by atoms with E-state index in [9.17, 15) is 9.90 Å². The number of furan rings is 1. The molecule has 1 aromatic rings. The van der Waals surface area contributed by atoms with Crippen LogP contribution in [-0.4, -0.2) is 29.3 Å². The van der Waals surface area contributed by atoms with Crippen molar-refractivity contribution in [2.45, 2.75) is 57.1 Å². The highest BCUT2D eigenvalue weighted by Gasteiger charge is 2.24. The lowest BCUT2D eigenvalue weighted by Gasteiger charge is -2.25. The molecule has 0 aliphatic heterocycles. The molecule has 1 heterocycles. The Bertz CT molecular complexity index is 409. The molecule has 1 fully saturated rings. The van der Waals surface area contributed by atoms with Crippen molar-refractivity contribution in [3.05, 3.63) is 24.2 Å². The van der Waals surface area contributed by atoms with E-state index in [1.54, 1.807) is 19.3 Å². The van der Waals surface area contributed by atoms with Crippen LogP contribution in [0.15, 0.2) is 22.8 Å². The molecule has 3 N–H and O–H groups in total. The van der Waals surface area contributed by atoms with Gasteiger partial charge in [-0.25, -0.2) is 4.79 Å². The Morgan fingerprint density at radius 1 is 1.45 bits per heavy atom. The molecule has 0 aromatic carbocycles. The standard InChI is InChI=1S/C15H24N2O3/c1-15(19,10-13-8-5-9-20-13)11-16-14(18)17-12-6-3-2-4-7-12/h5,8-9,12,19H,2-4,6-7,10-11H2,1H3,(H2,16,17,18). The van der Waals surface area contributed by atoms with Gasteiger partial charge < -0.3 is 20.2 Å². The van der Waals surface area contributed by atoms with E-state index in [-0.39, 0.29) is 18.6 Å². The lowest BCUT2D eigenvalue weighted by molar-refractivity contribution is 0.0570. The highest BCUT2D eigenvalue weighted by molar-refractivity contribution is 5.74. The van der Waals surface area contributed by atoms with Gasteiger partial charge in [0.05, 0.1) is 11.9 Å². The van der Waals surface area contributed by atoms with Crippen LogP contribution in [0.5, 0.6) is 0 Å². The lowest BCUT2D eigenvalue weighted by Crippen LogP contribution is -2.48. The molecule has 5 heteroatoms. The Morgan fingerprint density at radius 3 is 2.85 bits per heavy atom. The number of aliphatic hydroxyl groups is 1. The average Bonchev–Trinajstić information content (AvgIpc) is 2.90. The molecule has 0 saturated heterocycles. The molecule has 1 unspecified atom stereocenters. The number of hydrogen-bond donors (Lipinski definition) is 3. The fraction of sp³-hybridized carbons (Fsp3) is 0.667. The molecule has 2 rings (SSSR count). The van der Waals surface area contributed by atoms with Gasteiger partial charge >= 0.3 is 6.03 Å². The van der Waals surface area contributed by atoms with Gasteiger partial charge in [-0.1, -0.05) is 19.3 Å². The van der Waals surface area contributed by atoms with Crippen molar-refractivity contribution in [1.29, 1.82) is 0 Å². The Balaban J connectivity index is 1.71. The van der Waals surface area contributed by atoms with E-state index in [2.05, 4.69) is 10.6 Å². The fourth-order valence-electron chi connectivity index (χ4n) is 2.61. The molecule has 0 spiro atoms. The van der Waals surface area contributed by atoms with Crippen LogP contribution in [0.25, 0.3) is 0 Å². The summed E-state index contributed by atoms with van der Waals surface area (Å²) in [6.45, 7) is 1.89. The van der Waals surface area contributed by atoms with Crippen LogP contribution in [0.1, 0.15) is 44.8 Å². The third kappa shape index (κ3) is 4.89. The average molecular weight is 280 g/mol. The second-order valence-electron chi connectivity index (χ2n) is 5.92. The first-order chi connectivity index (χ1) is 9.55. The number of carbonyl (C=O) groups excluding carboxylic acids is 1. The van der Waals surface area contributed by atoms with Crippen LogP contribution >= 0.6 is 0 Å². The summed E-state index contributed by atoms with van der Waals surface area (Å²) in [5, 5.41) is 15.9. The molecule has 1 saturated carbocycles. The number of nitrogens with one attached hydrogen (secondary N) is 2. The zero-order valence-corrected chi connectivity index (χ0v) is 12.0. The van der Waals surface area contributed by atoms with E-state index in [1.807, 2.05) is 6.07 Å². The van der Waals surface area contributed by atoms with Crippen molar-refractivity contribution in [2.24, 2.45) is 0 Å². The number of urea groups is 1. The number of carbonyl (C=O) groups is 1. The van der Waals surface area contributed by atoms with Crippen LogP contribution in [0.3, 0.4) is 0 Å². The van der Waals surface area contributed by atoms with Gasteiger partial charge in [0.25, 0.3) is 0 Å². The van der Waals surface area contributed by atoms with E-state index in [0.29, 0.717) is 12.2 Å². The minimum Gasteiger partial charge on any atom is -0.469 e. The predicted molar refractivity (Wildman–Crippen MR) is 76.4 cm³/mol. The van der Waals surface area contributed by atoms with Crippen LogP contribution < -0.4 is 10.6 Å². The summed E-state index contributed by atoms with van der Waals surface area (Å²) in [6, 6.07) is 3.68. The van der Waals surface area contributed by atoms with E-state index in [0.717, 1.165) is 12.8 Å². The summed E-state index contributed by atoms with van der Waals surface area (Å²) in [6.07, 6.45) is 7.69. The van der Waals surface area contributed by atoms with Gasteiger partial charge in [0.2, 0.25) is 0 Å². The minimum atomic E-state index is -1.01. The first-order valence-corrected chi connectivity index (χ1v) is 7.34. The zero-order chi connectivity index (χ0) is 14.4. The van der Waals surface area contributed by atoms with Gasteiger partial charge in [-0.15, -0.1) is 0 Å². The molecule has 20 heavy (non-hydrogen) atoms. The zero-order valence-electron chi connectivity index (χ0n) is 12.0. The molecule has 0 radical (unpaired) electrons. The maximum atomic E-state index is 11.8. The quantitative estimate of drug-likeness (QED) is 0.774. The van der Waals surface area contributed by atoms with Gasteiger partial charge in [-0.05, 0) is 31.9 Å². The molecular weight excluding hydrogens is 256 g/mol. The lowest BCUT2D eigenvalue weighted by atomic mass is 9.96. The second-order valence-corrected chi connectivity index (χ2v) is 5.92. The van der Waals surface area contributed by atoms with E-state index < -0.39 is 5.60 Å². The van der Waals surface area contributed by atoms with Gasteiger partial charge in [-0.2, -0.15) is 0 Å². The molecule has 5 nitrogen and oxygen atoms in total. The van der Waals surface area contributed by atoms with E-state index in [4.69, 9.17) is 4.42 Å². The molecular formula is C15H24N2O3. The summed E-state index contributed by atoms with van der Waals surface area (Å²) >= 11 is 0. The topological polar surface area (TPSA) is 74.5 Å². The van der Waals surface area contributed by atoms with Gasteiger partial charge in [0, 0.05) is 19.0 Å². The summed E-state index contributed by atoms with van der Waals surface area (Å²) < 4.78 is 5.21. The van der Waals surface area contributed by atoms with Crippen molar-refractivity contribution in [1.82, 2.24) is 10.6 Å². The van der Waals surface area contributed by atoms with Crippen molar-refractivity contribution >= 4 is 6.03 Å². The summed E-state index contributed by atoms with van der Waals surface area (Å²) in [5.41, 5.74) is -1.01. The van der Waals surface area contributed by atoms with Gasteiger partial charge in [0.15, 0.2) is 0 Å². The smallest absolute Gasteiger partial charge is 0.315 e. The normalized spacial score (nSPS) is 19.3. The Morgan fingerprint density at radius 2 is 2.20 bits per heavy atom. The predicted octanol–water partition coefficient (Wildman–Crippen LogP) is 2.21. The Labute approximate surface area is 119 Å². The first kappa shape index (κ1) is 14.9. The third-order valence-electron chi connectivity index (χ3n) is 3.71. The SMILES string of the molecule is CC(O)(CNC(=O)NC1CCCCC1)Cc1ccco1. The van der Waals surface area contributed by atoms with Crippen LogP contribution in [-0.2, 0) is 6.42 Å². The van der Waals surface area contributed by atoms with Crippen LogP contribution in [0, 0.1) is 0 Å². The molecule has 1 aromatic heterocycles. The van der Waals surface area contributed by atoms with E-state index >= 15 is 0 Å². The van der Waals surface area contributed by atoms with Crippen molar-refractivity contribution in [3.63, 3.8) is 0 Å². The number of hydrogen-bond acceptors (Lipinski definition) is 3. The first-order valence-electron chi connectivity index (χ1n) is 7.34. The van der Waals surface area contributed by atoms with Crippen LogP contribution in [0.2, 0.25) is 0 Å². The fourth-order valence-corrected chi connectivity index (χ4v) is 2.61. The highest BCUT2D eigenvalue weighted by atomic mass is 16.3. The highest BCUT2D eigenvalue weighted by Crippen LogP contribution is 2.17. The maximum absolute atomic E-state index is 11.8. The molecule has 1 atom stereocenters. The number of amides is 2. The summed E-state index contributed by atoms with van der Waals surface area (Å²) in [7, 11) is 0. The Kier molecular flexibility index (Phi) is 5.06. The monoisotopic (exact) mass is 280 g/mol. The summed E-state index contributed by atoms with van der Waals surface area (Å²) in [4.78, 5) is 11.8. The van der Waals surface area contributed by atoms with Crippen molar-refractivity contribution in [2.75, 3.05) is 6.54 Å². The number of rotatable bonds is 5.